The predicted molar refractivity (Wildman–Crippen MR) is 74.1 cm³/mol. The van der Waals surface area contributed by atoms with Gasteiger partial charge < -0.3 is 14.6 Å². The molecule has 1 heterocycles. The maximum Gasteiger partial charge on any atom is 0.136 e. The smallest absolute Gasteiger partial charge is 0.136 e. The zero-order valence-corrected chi connectivity index (χ0v) is 10.8. The van der Waals surface area contributed by atoms with Crippen LogP contribution in [-0.4, -0.2) is 18.8 Å². The molecule has 3 rings (SSSR count). The van der Waals surface area contributed by atoms with E-state index in [0.717, 1.165) is 28.5 Å². The first-order valence-electron chi connectivity index (χ1n) is 6.36. The lowest BCUT2D eigenvalue weighted by Gasteiger charge is -2.13. The second-order valence-corrected chi connectivity index (χ2v) is 4.62. The summed E-state index contributed by atoms with van der Waals surface area (Å²) in [7, 11) is 1.66. The first kappa shape index (κ1) is 12.1. The number of fused-ring (bicyclic) bond motifs is 1. The van der Waals surface area contributed by atoms with E-state index in [1.807, 2.05) is 42.5 Å². The van der Waals surface area contributed by atoms with E-state index in [4.69, 9.17) is 9.47 Å². The molecule has 0 saturated carbocycles. The Morgan fingerprint density at radius 1 is 1.16 bits per heavy atom. The zero-order valence-electron chi connectivity index (χ0n) is 10.8. The monoisotopic (exact) mass is 256 g/mol. The highest BCUT2D eigenvalue weighted by molar-refractivity contribution is 5.84. The van der Waals surface area contributed by atoms with Gasteiger partial charge in [-0.05, 0) is 40.6 Å². The molecule has 2 aromatic carbocycles. The number of aliphatic hydroxyl groups excluding tert-OH is 1. The van der Waals surface area contributed by atoms with Gasteiger partial charge in [0.2, 0.25) is 0 Å². The number of ether oxygens (including phenoxy) is 2. The van der Waals surface area contributed by atoms with Gasteiger partial charge in [0, 0.05) is 6.42 Å². The zero-order chi connectivity index (χ0) is 13.2. The van der Waals surface area contributed by atoms with E-state index < -0.39 is 6.10 Å². The Hall–Kier alpha value is -2.00. The number of hydrogen-bond donors (Lipinski definition) is 1. The van der Waals surface area contributed by atoms with Gasteiger partial charge >= 0.3 is 0 Å². The Balaban J connectivity index is 1.97. The SMILES string of the molecule is COc1ccc2cc(C(O)C3=CCCO3)ccc2c1. The third-order valence-corrected chi connectivity index (χ3v) is 3.39. The summed E-state index contributed by atoms with van der Waals surface area (Å²) in [5, 5.41) is 12.4. The van der Waals surface area contributed by atoms with E-state index in [1.165, 1.54) is 0 Å². The highest BCUT2D eigenvalue weighted by Gasteiger charge is 2.18. The second kappa shape index (κ2) is 4.94. The molecule has 0 aromatic heterocycles. The van der Waals surface area contributed by atoms with Crippen LogP contribution in [-0.2, 0) is 4.74 Å². The van der Waals surface area contributed by atoms with Crippen LogP contribution < -0.4 is 4.74 Å². The highest BCUT2D eigenvalue weighted by atomic mass is 16.5. The van der Waals surface area contributed by atoms with Crippen molar-refractivity contribution in [3.05, 3.63) is 53.8 Å². The summed E-state index contributed by atoms with van der Waals surface area (Å²) < 4.78 is 10.6. The molecule has 3 nitrogen and oxygen atoms in total. The van der Waals surface area contributed by atoms with Gasteiger partial charge in [-0.25, -0.2) is 0 Å². The standard InChI is InChI=1S/C16H16O3/c1-18-14-7-6-11-9-13(5-4-12(11)10-14)16(17)15-3-2-8-19-15/h3-7,9-10,16-17H,2,8H2,1H3. The van der Waals surface area contributed by atoms with Crippen LogP contribution in [0.2, 0.25) is 0 Å². The minimum absolute atomic E-state index is 0.660. The predicted octanol–water partition coefficient (Wildman–Crippen LogP) is 3.19. The Labute approximate surface area is 112 Å². The summed E-state index contributed by atoms with van der Waals surface area (Å²) in [5.41, 5.74) is 0.853. The van der Waals surface area contributed by atoms with Gasteiger partial charge in [-0.15, -0.1) is 0 Å². The number of hydrogen-bond acceptors (Lipinski definition) is 3. The molecule has 2 aromatic rings. The van der Waals surface area contributed by atoms with E-state index in [2.05, 4.69) is 0 Å². The van der Waals surface area contributed by atoms with Crippen molar-refractivity contribution in [2.75, 3.05) is 13.7 Å². The molecule has 1 aliphatic rings. The number of methoxy groups -OCH3 is 1. The molecule has 1 N–H and O–H groups in total. The average Bonchev–Trinajstić information content (AvgIpc) is 2.99. The van der Waals surface area contributed by atoms with E-state index in [0.29, 0.717) is 12.4 Å². The summed E-state index contributed by atoms with van der Waals surface area (Å²) >= 11 is 0. The Morgan fingerprint density at radius 2 is 1.95 bits per heavy atom. The van der Waals surface area contributed by atoms with Gasteiger partial charge in [-0.1, -0.05) is 18.2 Å². The molecule has 3 heteroatoms. The summed E-state index contributed by atoms with van der Waals surface area (Å²) in [6.45, 7) is 0.664. The average molecular weight is 256 g/mol. The molecule has 19 heavy (non-hydrogen) atoms. The lowest BCUT2D eigenvalue weighted by molar-refractivity contribution is 0.119. The van der Waals surface area contributed by atoms with E-state index in [9.17, 15) is 5.11 Å². The molecule has 0 fully saturated rings. The van der Waals surface area contributed by atoms with Crippen molar-refractivity contribution in [2.45, 2.75) is 12.5 Å². The second-order valence-electron chi connectivity index (χ2n) is 4.62. The first-order chi connectivity index (χ1) is 9.28. The maximum atomic E-state index is 10.3. The Kier molecular flexibility index (Phi) is 3.13. The summed E-state index contributed by atoms with van der Waals surface area (Å²) in [6.07, 6.45) is 2.15. The van der Waals surface area contributed by atoms with Crippen molar-refractivity contribution in [1.29, 1.82) is 0 Å². The van der Waals surface area contributed by atoms with Gasteiger partial charge in [0.15, 0.2) is 0 Å². The van der Waals surface area contributed by atoms with Crippen LogP contribution in [0.4, 0.5) is 0 Å². The Morgan fingerprint density at radius 3 is 2.68 bits per heavy atom. The fraction of sp³-hybridized carbons (Fsp3) is 0.250. The lowest BCUT2D eigenvalue weighted by atomic mass is 10.0. The van der Waals surface area contributed by atoms with Gasteiger partial charge in [0.05, 0.1) is 13.7 Å². The van der Waals surface area contributed by atoms with Crippen LogP contribution in [0, 0.1) is 0 Å². The number of aliphatic hydroxyl groups is 1. The van der Waals surface area contributed by atoms with Crippen molar-refractivity contribution in [1.82, 2.24) is 0 Å². The summed E-state index contributed by atoms with van der Waals surface area (Å²) in [4.78, 5) is 0. The normalized spacial score (nSPS) is 16.0. The lowest BCUT2D eigenvalue weighted by Crippen LogP contribution is -2.02. The molecule has 0 amide bonds. The summed E-state index contributed by atoms with van der Waals surface area (Å²) in [5.74, 6) is 1.50. The fourth-order valence-corrected chi connectivity index (χ4v) is 2.33. The van der Waals surface area contributed by atoms with Crippen molar-refractivity contribution < 1.29 is 14.6 Å². The molecule has 0 saturated heterocycles. The molecule has 98 valence electrons. The topological polar surface area (TPSA) is 38.7 Å². The molecular formula is C16H16O3. The van der Waals surface area contributed by atoms with Gasteiger partial charge in [-0.3, -0.25) is 0 Å². The van der Waals surface area contributed by atoms with E-state index in [1.54, 1.807) is 7.11 Å². The van der Waals surface area contributed by atoms with Crippen molar-refractivity contribution >= 4 is 10.8 Å². The minimum atomic E-state index is -0.672. The number of benzene rings is 2. The van der Waals surface area contributed by atoms with E-state index >= 15 is 0 Å². The third-order valence-electron chi connectivity index (χ3n) is 3.39. The largest absolute Gasteiger partial charge is 0.497 e. The maximum absolute atomic E-state index is 10.3. The molecule has 1 atom stereocenters. The van der Waals surface area contributed by atoms with Crippen LogP contribution in [0.1, 0.15) is 18.1 Å². The van der Waals surface area contributed by atoms with Gasteiger partial charge in [-0.2, -0.15) is 0 Å². The number of rotatable bonds is 3. The van der Waals surface area contributed by atoms with Crippen LogP contribution in [0.25, 0.3) is 10.8 Å². The molecular weight excluding hydrogens is 240 g/mol. The van der Waals surface area contributed by atoms with Crippen molar-refractivity contribution in [3.8, 4) is 5.75 Å². The quantitative estimate of drug-likeness (QED) is 0.916. The van der Waals surface area contributed by atoms with Crippen molar-refractivity contribution in [2.24, 2.45) is 0 Å². The minimum Gasteiger partial charge on any atom is -0.497 e. The molecule has 0 bridgehead atoms. The van der Waals surface area contributed by atoms with Gasteiger partial charge in [0.25, 0.3) is 0 Å². The van der Waals surface area contributed by atoms with Crippen LogP contribution >= 0.6 is 0 Å². The van der Waals surface area contributed by atoms with Crippen LogP contribution in [0.5, 0.6) is 5.75 Å². The Bertz CT molecular complexity index is 631. The van der Waals surface area contributed by atoms with Crippen LogP contribution in [0.15, 0.2) is 48.2 Å². The molecule has 0 aliphatic carbocycles. The first-order valence-corrected chi connectivity index (χ1v) is 6.36. The molecule has 1 aliphatic heterocycles. The van der Waals surface area contributed by atoms with E-state index in [-0.39, 0.29) is 0 Å². The fourth-order valence-electron chi connectivity index (χ4n) is 2.33. The van der Waals surface area contributed by atoms with Crippen LogP contribution in [0.3, 0.4) is 0 Å². The molecule has 1 unspecified atom stereocenters. The molecule has 0 spiro atoms. The van der Waals surface area contributed by atoms with Crippen molar-refractivity contribution in [3.63, 3.8) is 0 Å². The van der Waals surface area contributed by atoms with Gasteiger partial charge in [0.1, 0.15) is 17.6 Å². The summed E-state index contributed by atoms with van der Waals surface area (Å²) in [6, 6.07) is 11.8. The third kappa shape index (κ3) is 2.29. The highest BCUT2D eigenvalue weighted by Crippen LogP contribution is 2.29. The molecule has 0 radical (unpaired) electrons.